The quantitative estimate of drug-likeness (QED) is 0.0262. The van der Waals surface area contributed by atoms with Crippen LogP contribution in [0.4, 0.5) is 0 Å². The van der Waals surface area contributed by atoms with Crippen LogP contribution in [-0.4, -0.2) is 37.2 Å². The van der Waals surface area contributed by atoms with Crippen molar-refractivity contribution in [3.05, 3.63) is 158 Å². The van der Waals surface area contributed by atoms with Gasteiger partial charge in [-0.3, -0.25) is 14.4 Å². The maximum absolute atomic E-state index is 12.8. The highest BCUT2D eigenvalue weighted by molar-refractivity contribution is 5.71. The van der Waals surface area contributed by atoms with E-state index in [0.717, 1.165) is 122 Å². The first-order chi connectivity index (χ1) is 34.0. The van der Waals surface area contributed by atoms with E-state index in [4.69, 9.17) is 14.2 Å². The molecule has 0 amide bonds. The van der Waals surface area contributed by atoms with Crippen molar-refractivity contribution >= 4 is 17.9 Å². The monoisotopic (exact) mass is 949 g/mol. The van der Waals surface area contributed by atoms with Crippen molar-refractivity contribution in [1.29, 1.82) is 0 Å². The Kier molecular flexibility index (Phi) is 51.6. The molecule has 0 aromatic carbocycles. The van der Waals surface area contributed by atoms with Gasteiger partial charge < -0.3 is 14.2 Å². The van der Waals surface area contributed by atoms with E-state index in [1.807, 2.05) is 0 Å². The zero-order valence-electron chi connectivity index (χ0n) is 43.8. The summed E-state index contributed by atoms with van der Waals surface area (Å²) in [4.78, 5) is 38.1. The van der Waals surface area contributed by atoms with Crippen LogP contribution in [0.2, 0.25) is 0 Å². The molecule has 6 heteroatoms. The van der Waals surface area contributed by atoms with Crippen LogP contribution in [0.3, 0.4) is 0 Å². The molecular weight excluding hydrogens is 853 g/mol. The second-order valence-corrected chi connectivity index (χ2v) is 17.0. The van der Waals surface area contributed by atoms with E-state index in [1.165, 1.54) is 25.7 Å². The minimum Gasteiger partial charge on any atom is -0.462 e. The van der Waals surface area contributed by atoms with Crippen LogP contribution in [0, 0.1) is 0 Å². The first-order valence-electron chi connectivity index (χ1n) is 27.0. The van der Waals surface area contributed by atoms with Crippen molar-refractivity contribution in [2.75, 3.05) is 13.2 Å². The van der Waals surface area contributed by atoms with E-state index in [9.17, 15) is 14.4 Å². The summed E-state index contributed by atoms with van der Waals surface area (Å²) in [6.45, 7) is 6.24. The summed E-state index contributed by atoms with van der Waals surface area (Å²) in [6.07, 6.45) is 80.9. The zero-order chi connectivity index (χ0) is 50.0. The SMILES string of the molecule is CCC=CCC=CCC=CCC=CCC=CCCCC(=O)OCC(COC(=O)CCCC=CCC=CCC=CCC=CCC=CCC)OC(=O)CCCCCCC=CCC=CCC=CCCCCC. The molecule has 0 aliphatic rings. The maximum atomic E-state index is 12.8. The van der Waals surface area contributed by atoms with Gasteiger partial charge in [-0.1, -0.05) is 204 Å². The Bertz CT molecular complexity index is 1520. The summed E-state index contributed by atoms with van der Waals surface area (Å²) in [5.74, 6) is -1.09. The number of allylic oxidation sites excluding steroid dienone is 26. The number of carbonyl (C=O) groups excluding carboxylic acids is 3. The molecule has 0 saturated carbocycles. The van der Waals surface area contributed by atoms with Gasteiger partial charge >= 0.3 is 17.9 Å². The van der Waals surface area contributed by atoms with Gasteiger partial charge in [0.25, 0.3) is 0 Å². The Morgan fingerprint density at radius 3 is 0.913 bits per heavy atom. The van der Waals surface area contributed by atoms with Crippen LogP contribution in [-0.2, 0) is 28.6 Å². The molecule has 0 unspecified atom stereocenters. The Morgan fingerprint density at radius 2 is 0.580 bits per heavy atom. The van der Waals surface area contributed by atoms with Crippen molar-refractivity contribution in [2.24, 2.45) is 0 Å². The lowest BCUT2D eigenvalue weighted by molar-refractivity contribution is -0.167. The molecule has 0 bridgehead atoms. The maximum Gasteiger partial charge on any atom is 0.306 e. The molecule has 0 N–H and O–H groups in total. The fourth-order valence-corrected chi connectivity index (χ4v) is 6.52. The Morgan fingerprint density at radius 1 is 0.304 bits per heavy atom. The van der Waals surface area contributed by atoms with E-state index in [0.29, 0.717) is 12.8 Å². The van der Waals surface area contributed by atoms with Crippen molar-refractivity contribution in [1.82, 2.24) is 0 Å². The molecule has 0 aromatic rings. The second-order valence-electron chi connectivity index (χ2n) is 17.0. The molecule has 69 heavy (non-hydrogen) atoms. The molecule has 6 nitrogen and oxygen atoms in total. The van der Waals surface area contributed by atoms with Crippen LogP contribution in [0.5, 0.6) is 0 Å². The highest BCUT2D eigenvalue weighted by Crippen LogP contribution is 2.11. The Labute approximate surface area is 422 Å². The number of hydrogen-bond acceptors (Lipinski definition) is 6. The smallest absolute Gasteiger partial charge is 0.306 e. The van der Waals surface area contributed by atoms with Crippen LogP contribution >= 0.6 is 0 Å². The molecule has 0 aliphatic carbocycles. The fraction of sp³-hybridized carbons (Fsp3) is 0.540. The number of hydrogen-bond donors (Lipinski definition) is 0. The number of esters is 3. The topological polar surface area (TPSA) is 78.9 Å². The van der Waals surface area contributed by atoms with E-state index in [1.54, 1.807) is 0 Å². The van der Waals surface area contributed by atoms with E-state index < -0.39 is 6.10 Å². The van der Waals surface area contributed by atoms with Gasteiger partial charge in [-0.2, -0.15) is 0 Å². The number of unbranched alkanes of at least 4 members (excludes halogenated alkanes) is 9. The van der Waals surface area contributed by atoms with Crippen molar-refractivity contribution in [3.8, 4) is 0 Å². The Balaban J connectivity index is 4.65. The summed E-state index contributed by atoms with van der Waals surface area (Å²) in [7, 11) is 0. The highest BCUT2D eigenvalue weighted by atomic mass is 16.6. The summed E-state index contributed by atoms with van der Waals surface area (Å²) < 4.78 is 16.7. The zero-order valence-corrected chi connectivity index (χ0v) is 43.8. The molecule has 0 aliphatic heterocycles. The average molecular weight is 949 g/mol. The first kappa shape index (κ1) is 64.0. The third-order valence-corrected chi connectivity index (χ3v) is 10.5. The van der Waals surface area contributed by atoms with Gasteiger partial charge in [0.15, 0.2) is 6.10 Å². The number of carbonyl (C=O) groups is 3. The van der Waals surface area contributed by atoms with Crippen molar-refractivity contribution in [3.63, 3.8) is 0 Å². The van der Waals surface area contributed by atoms with Crippen molar-refractivity contribution in [2.45, 2.75) is 207 Å². The molecule has 0 atom stereocenters. The number of ether oxygens (including phenoxy) is 3. The highest BCUT2D eigenvalue weighted by Gasteiger charge is 2.19. The second kappa shape index (κ2) is 55.6. The summed E-state index contributed by atoms with van der Waals surface area (Å²) in [5.41, 5.74) is 0. The summed E-state index contributed by atoms with van der Waals surface area (Å²) in [6, 6.07) is 0. The molecule has 0 rings (SSSR count). The van der Waals surface area contributed by atoms with Crippen LogP contribution in [0.25, 0.3) is 0 Å². The summed E-state index contributed by atoms with van der Waals surface area (Å²) >= 11 is 0. The van der Waals surface area contributed by atoms with Crippen LogP contribution < -0.4 is 0 Å². The lowest BCUT2D eigenvalue weighted by atomic mass is 10.1. The van der Waals surface area contributed by atoms with E-state index >= 15 is 0 Å². The Hall–Kier alpha value is -4.97. The minimum atomic E-state index is -0.844. The largest absolute Gasteiger partial charge is 0.462 e. The fourth-order valence-electron chi connectivity index (χ4n) is 6.52. The van der Waals surface area contributed by atoms with Crippen LogP contribution in [0.1, 0.15) is 201 Å². The predicted molar refractivity (Wildman–Crippen MR) is 297 cm³/mol. The molecular formula is C63H96O6. The van der Waals surface area contributed by atoms with Gasteiger partial charge in [0, 0.05) is 19.3 Å². The van der Waals surface area contributed by atoms with Gasteiger partial charge in [-0.15, -0.1) is 0 Å². The van der Waals surface area contributed by atoms with Gasteiger partial charge in [0.05, 0.1) is 0 Å². The molecule has 0 spiro atoms. The van der Waals surface area contributed by atoms with Gasteiger partial charge in [-0.05, 0) is 135 Å². The lowest BCUT2D eigenvalue weighted by Gasteiger charge is -2.18. The summed E-state index contributed by atoms with van der Waals surface area (Å²) in [5, 5.41) is 0. The van der Waals surface area contributed by atoms with Crippen molar-refractivity contribution < 1.29 is 28.6 Å². The molecule has 0 saturated heterocycles. The van der Waals surface area contributed by atoms with Gasteiger partial charge in [0.2, 0.25) is 0 Å². The predicted octanol–water partition coefficient (Wildman–Crippen LogP) is 18.2. The molecule has 0 radical (unpaired) electrons. The van der Waals surface area contributed by atoms with Gasteiger partial charge in [0.1, 0.15) is 13.2 Å². The van der Waals surface area contributed by atoms with E-state index in [-0.39, 0.29) is 50.4 Å². The first-order valence-corrected chi connectivity index (χ1v) is 27.0. The molecule has 0 fully saturated rings. The molecule has 0 heterocycles. The normalized spacial score (nSPS) is 13.4. The van der Waals surface area contributed by atoms with Crippen LogP contribution in [0.15, 0.2) is 158 Å². The lowest BCUT2D eigenvalue weighted by Crippen LogP contribution is -2.30. The minimum absolute atomic E-state index is 0.142. The third-order valence-electron chi connectivity index (χ3n) is 10.5. The third kappa shape index (κ3) is 53.8. The number of rotatable bonds is 46. The van der Waals surface area contributed by atoms with Gasteiger partial charge in [-0.25, -0.2) is 0 Å². The molecule has 384 valence electrons. The standard InChI is InChI=1S/C63H96O6/c1-4-7-10-13-16-19-22-25-28-31-34-37-40-43-46-49-52-55-61(64)67-58-60(69-63(66)57-54-51-48-45-42-39-36-33-30-27-24-21-18-15-12-9-6-3)59-68-62(65)56-53-50-47-44-41-38-35-32-29-26-23-20-17-14-11-8-5-2/h7-8,10-11,16-21,25-30,34-39,43-44,46-47,60H,4-6,9,12-15,22-24,31-33,40-42,45,48-59H2,1-3H3. The average Bonchev–Trinajstić information content (AvgIpc) is 3.35. The molecule has 0 aromatic heterocycles. The van der Waals surface area contributed by atoms with E-state index in [2.05, 4.69) is 179 Å².